The number of aromatic nitrogens is 1. The van der Waals surface area contributed by atoms with Crippen molar-refractivity contribution < 1.29 is 4.84 Å². The fraction of sp³-hybridized carbons (Fsp3) is 0.688. The summed E-state index contributed by atoms with van der Waals surface area (Å²) in [6, 6.07) is 5.69. The van der Waals surface area contributed by atoms with Gasteiger partial charge in [0.2, 0.25) is 0 Å². The molecule has 1 unspecified atom stereocenters. The Morgan fingerprint density at radius 1 is 1.32 bits per heavy atom. The van der Waals surface area contributed by atoms with Crippen molar-refractivity contribution in [2.45, 2.75) is 64.1 Å². The molecular weight excluding hydrogens is 278 g/mol. The quantitative estimate of drug-likeness (QED) is 0.459. The number of nitrogens with zero attached hydrogens (tertiary/aromatic N) is 5. The summed E-state index contributed by atoms with van der Waals surface area (Å²) in [4.78, 5) is 13.5. The lowest BCUT2D eigenvalue weighted by Gasteiger charge is -2.52. The van der Waals surface area contributed by atoms with E-state index in [0.29, 0.717) is 0 Å². The predicted octanol–water partition coefficient (Wildman–Crippen LogP) is 4.41. The topological polar surface area (TPSA) is 74.1 Å². The van der Waals surface area contributed by atoms with Crippen LogP contribution < -0.4 is 0 Å². The average Bonchev–Trinajstić information content (AvgIpc) is 2.46. The van der Waals surface area contributed by atoms with E-state index in [4.69, 9.17) is 10.4 Å². The zero-order chi connectivity index (χ0) is 16.2. The van der Waals surface area contributed by atoms with Gasteiger partial charge in [0.25, 0.3) is 0 Å². The Labute approximate surface area is 132 Å². The Balaban J connectivity index is 2.26. The molecule has 22 heavy (non-hydrogen) atoms. The second kappa shape index (κ2) is 6.65. The molecule has 0 aliphatic carbocycles. The minimum absolute atomic E-state index is 0.0643. The van der Waals surface area contributed by atoms with Crippen molar-refractivity contribution in [3.05, 3.63) is 40.5 Å². The number of pyridine rings is 1. The second-order valence-electron chi connectivity index (χ2n) is 7.03. The summed E-state index contributed by atoms with van der Waals surface area (Å²) < 4.78 is 0. The highest BCUT2D eigenvalue weighted by atomic mass is 16.7. The zero-order valence-electron chi connectivity index (χ0n) is 13.9. The molecule has 1 saturated heterocycles. The third-order valence-corrected chi connectivity index (χ3v) is 4.24. The Morgan fingerprint density at radius 2 is 2.00 bits per heavy atom. The predicted molar refractivity (Wildman–Crippen MR) is 85.9 cm³/mol. The van der Waals surface area contributed by atoms with Gasteiger partial charge in [-0.05, 0) is 64.6 Å². The maximum absolute atomic E-state index is 8.64. The average molecular weight is 303 g/mol. The molecule has 1 aromatic heterocycles. The van der Waals surface area contributed by atoms with Crippen LogP contribution in [-0.4, -0.2) is 27.7 Å². The van der Waals surface area contributed by atoms with E-state index in [1.807, 2.05) is 18.2 Å². The van der Waals surface area contributed by atoms with E-state index in [1.54, 1.807) is 6.20 Å². The lowest BCUT2D eigenvalue weighted by Crippen LogP contribution is -2.58. The standard InChI is InChI=1S/C16H25N5O/c1-15(2)9-7-10-16(3,4)21(15)22-14(12-19-20-17)13-8-5-6-11-18-13/h5-6,8,11,14H,7,9-10,12H2,1-4H3. The summed E-state index contributed by atoms with van der Waals surface area (Å²) >= 11 is 0. The van der Waals surface area contributed by atoms with Crippen LogP contribution in [-0.2, 0) is 4.84 Å². The Morgan fingerprint density at radius 3 is 2.55 bits per heavy atom. The highest BCUT2D eigenvalue weighted by Crippen LogP contribution is 2.40. The lowest BCUT2D eigenvalue weighted by molar-refractivity contribution is -0.305. The molecule has 6 heteroatoms. The van der Waals surface area contributed by atoms with Crippen molar-refractivity contribution in [2.24, 2.45) is 5.11 Å². The molecule has 0 spiro atoms. The summed E-state index contributed by atoms with van der Waals surface area (Å²) in [5.41, 5.74) is 9.30. The van der Waals surface area contributed by atoms with Gasteiger partial charge in [-0.25, -0.2) is 0 Å². The molecule has 1 aliphatic heterocycles. The number of hydroxylamine groups is 2. The molecule has 1 aliphatic rings. The summed E-state index contributed by atoms with van der Waals surface area (Å²) in [7, 11) is 0. The minimum Gasteiger partial charge on any atom is -0.288 e. The number of rotatable bonds is 5. The van der Waals surface area contributed by atoms with Crippen LogP contribution in [0.3, 0.4) is 0 Å². The normalized spacial score (nSPS) is 21.8. The van der Waals surface area contributed by atoms with Gasteiger partial charge in [-0.2, -0.15) is 5.06 Å². The summed E-state index contributed by atoms with van der Waals surface area (Å²) in [6.45, 7) is 9.00. The van der Waals surface area contributed by atoms with Gasteiger partial charge in [-0.1, -0.05) is 11.2 Å². The van der Waals surface area contributed by atoms with Crippen LogP contribution in [0, 0.1) is 0 Å². The molecule has 2 heterocycles. The SMILES string of the molecule is CC1(C)CCCC(C)(C)N1OC(CN=[N+]=[N-])c1ccccn1. The van der Waals surface area contributed by atoms with Gasteiger partial charge in [0.15, 0.2) is 0 Å². The van der Waals surface area contributed by atoms with Crippen LogP contribution in [0.2, 0.25) is 0 Å². The van der Waals surface area contributed by atoms with Crippen LogP contribution >= 0.6 is 0 Å². The van der Waals surface area contributed by atoms with Crippen molar-refractivity contribution in [3.63, 3.8) is 0 Å². The molecule has 1 atom stereocenters. The summed E-state index contributed by atoms with van der Waals surface area (Å²) in [6.07, 6.45) is 4.70. The monoisotopic (exact) mass is 303 g/mol. The van der Waals surface area contributed by atoms with Crippen LogP contribution in [0.25, 0.3) is 10.4 Å². The van der Waals surface area contributed by atoms with Crippen molar-refractivity contribution in [2.75, 3.05) is 6.54 Å². The molecule has 0 aromatic carbocycles. The Bertz CT molecular complexity index is 521. The van der Waals surface area contributed by atoms with Crippen LogP contribution in [0.15, 0.2) is 29.5 Å². The molecule has 120 valence electrons. The first-order valence-electron chi connectivity index (χ1n) is 7.76. The van der Waals surface area contributed by atoms with E-state index in [0.717, 1.165) is 18.5 Å². The van der Waals surface area contributed by atoms with Gasteiger partial charge in [0.1, 0.15) is 6.10 Å². The van der Waals surface area contributed by atoms with Gasteiger partial charge in [-0.3, -0.25) is 9.82 Å². The van der Waals surface area contributed by atoms with Gasteiger partial charge in [0.05, 0.1) is 12.2 Å². The third kappa shape index (κ3) is 3.77. The number of piperidine rings is 1. The van der Waals surface area contributed by atoms with Crippen molar-refractivity contribution in [1.29, 1.82) is 0 Å². The van der Waals surface area contributed by atoms with Crippen LogP contribution in [0.4, 0.5) is 0 Å². The highest BCUT2D eigenvalue weighted by molar-refractivity contribution is 5.08. The second-order valence-corrected chi connectivity index (χ2v) is 7.03. The van der Waals surface area contributed by atoms with E-state index in [1.165, 1.54) is 6.42 Å². The highest BCUT2D eigenvalue weighted by Gasteiger charge is 2.43. The molecule has 0 saturated carbocycles. The first kappa shape index (κ1) is 16.7. The van der Waals surface area contributed by atoms with Gasteiger partial charge in [-0.15, -0.1) is 0 Å². The number of hydrogen-bond acceptors (Lipinski definition) is 4. The molecule has 6 nitrogen and oxygen atoms in total. The summed E-state index contributed by atoms with van der Waals surface area (Å²) in [5, 5.41) is 5.78. The number of azide groups is 1. The molecule has 0 N–H and O–H groups in total. The van der Waals surface area contributed by atoms with Crippen LogP contribution in [0.5, 0.6) is 0 Å². The molecule has 0 bridgehead atoms. The fourth-order valence-electron chi connectivity index (χ4n) is 3.25. The lowest BCUT2D eigenvalue weighted by atomic mass is 9.82. The molecule has 2 rings (SSSR count). The fourth-order valence-corrected chi connectivity index (χ4v) is 3.25. The van der Waals surface area contributed by atoms with Crippen molar-refractivity contribution in [3.8, 4) is 0 Å². The molecule has 1 fully saturated rings. The number of hydrogen-bond donors (Lipinski definition) is 0. The van der Waals surface area contributed by atoms with Crippen molar-refractivity contribution >= 4 is 0 Å². The Hall–Kier alpha value is -1.62. The van der Waals surface area contributed by atoms with E-state index >= 15 is 0 Å². The smallest absolute Gasteiger partial charge is 0.127 e. The van der Waals surface area contributed by atoms with E-state index in [2.05, 4.69) is 47.8 Å². The molecule has 1 aromatic rings. The molecule has 0 radical (unpaired) electrons. The van der Waals surface area contributed by atoms with Crippen molar-refractivity contribution in [1.82, 2.24) is 10.0 Å². The third-order valence-electron chi connectivity index (χ3n) is 4.24. The van der Waals surface area contributed by atoms with Gasteiger partial charge < -0.3 is 0 Å². The maximum atomic E-state index is 8.64. The van der Waals surface area contributed by atoms with Gasteiger partial charge in [0, 0.05) is 22.2 Å². The summed E-state index contributed by atoms with van der Waals surface area (Å²) in [5.74, 6) is 0. The minimum atomic E-state index is -0.367. The van der Waals surface area contributed by atoms with E-state index in [9.17, 15) is 0 Å². The zero-order valence-corrected chi connectivity index (χ0v) is 13.9. The van der Waals surface area contributed by atoms with Gasteiger partial charge >= 0.3 is 0 Å². The van der Waals surface area contributed by atoms with E-state index < -0.39 is 0 Å². The Kier molecular flexibility index (Phi) is 5.06. The first-order chi connectivity index (χ1) is 10.4. The largest absolute Gasteiger partial charge is 0.288 e. The van der Waals surface area contributed by atoms with E-state index in [-0.39, 0.29) is 23.7 Å². The molecule has 0 amide bonds. The molecular formula is C16H25N5O. The maximum Gasteiger partial charge on any atom is 0.127 e. The first-order valence-corrected chi connectivity index (χ1v) is 7.76. The van der Waals surface area contributed by atoms with Crippen LogP contribution in [0.1, 0.15) is 58.8 Å².